The molecule has 0 amide bonds. The minimum absolute atomic E-state index is 0.216. The van der Waals surface area contributed by atoms with Crippen LogP contribution in [0.3, 0.4) is 0 Å². The van der Waals surface area contributed by atoms with E-state index in [1.54, 1.807) is 30.2 Å². The van der Waals surface area contributed by atoms with Crippen molar-refractivity contribution >= 4 is 49.7 Å². The summed E-state index contributed by atoms with van der Waals surface area (Å²) in [4.78, 5) is 20.6. The molecule has 4 aromatic heterocycles. The van der Waals surface area contributed by atoms with Crippen LogP contribution in [0.1, 0.15) is 25.5 Å². The zero-order valence-corrected chi connectivity index (χ0v) is 22.5. The molecule has 13 heteroatoms. The van der Waals surface area contributed by atoms with E-state index in [0.29, 0.717) is 34.7 Å². The van der Waals surface area contributed by atoms with Gasteiger partial charge in [-0.1, -0.05) is 25.4 Å². The molecule has 1 aliphatic rings. The molecule has 2 N–H and O–H groups in total. The molecule has 0 atom stereocenters. The predicted molar refractivity (Wildman–Crippen MR) is 145 cm³/mol. The first-order valence-electron chi connectivity index (χ1n) is 11.8. The summed E-state index contributed by atoms with van der Waals surface area (Å²) in [6.45, 7) is 6.16. The SMILES string of the molecule is CC(C)c1ncc(N2CC(CNS(C)(=O)=O)C2)c2cnc(Nc3ccnc(-c4cn(C)nc4Cl)n3)cc12. The number of pyridine rings is 2. The minimum atomic E-state index is -3.20. The Morgan fingerprint density at radius 1 is 1.14 bits per heavy atom. The number of hydrogen-bond donors (Lipinski definition) is 2. The van der Waals surface area contributed by atoms with Gasteiger partial charge in [-0.05, 0) is 18.1 Å². The molecular weight excluding hydrogens is 514 g/mol. The fraction of sp³-hybridized carbons (Fsp3) is 0.375. The Kier molecular flexibility index (Phi) is 6.73. The van der Waals surface area contributed by atoms with Crippen LogP contribution in [0, 0.1) is 5.92 Å². The maximum absolute atomic E-state index is 11.4. The number of fused-ring (bicyclic) bond motifs is 1. The van der Waals surface area contributed by atoms with Gasteiger partial charge < -0.3 is 10.2 Å². The first-order chi connectivity index (χ1) is 17.6. The number of nitrogens with zero attached hydrogens (tertiary/aromatic N) is 7. The van der Waals surface area contributed by atoms with E-state index >= 15 is 0 Å². The van der Waals surface area contributed by atoms with Crippen LogP contribution in [0.5, 0.6) is 0 Å². The van der Waals surface area contributed by atoms with Gasteiger partial charge in [0, 0.05) is 62.0 Å². The molecule has 5 heterocycles. The molecule has 0 spiro atoms. The minimum Gasteiger partial charge on any atom is -0.369 e. The van der Waals surface area contributed by atoms with Gasteiger partial charge in [0.15, 0.2) is 11.0 Å². The lowest BCUT2D eigenvalue weighted by molar-refractivity contribution is 0.407. The second-order valence-corrected chi connectivity index (χ2v) is 11.8. The second kappa shape index (κ2) is 9.84. The Morgan fingerprint density at radius 2 is 1.92 bits per heavy atom. The maximum Gasteiger partial charge on any atom is 0.208 e. The van der Waals surface area contributed by atoms with Gasteiger partial charge in [-0.2, -0.15) is 5.10 Å². The lowest BCUT2D eigenvalue weighted by atomic mass is 9.97. The van der Waals surface area contributed by atoms with Crippen molar-refractivity contribution in [3.63, 3.8) is 0 Å². The average Bonchev–Trinajstić information content (AvgIpc) is 3.15. The van der Waals surface area contributed by atoms with Gasteiger partial charge in [0.1, 0.15) is 11.6 Å². The van der Waals surface area contributed by atoms with Crippen molar-refractivity contribution in [2.45, 2.75) is 19.8 Å². The van der Waals surface area contributed by atoms with Crippen LogP contribution in [0.15, 0.2) is 36.9 Å². The number of halogens is 1. The third kappa shape index (κ3) is 5.50. The standard InChI is InChI=1S/C24H28ClN9O2S/c1-14(2)22-16-7-21(30-20-5-6-26-24(31-20)18-13-33(3)32-23(18)25)27-9-17(16)19(10-28-22)34-11-15(12-34)8-29-37(4,35)36/h5-7,9-10,13-15,29H,8,11-12H2,1-4H3,(H,26,27,30,31). The Labute approximate surface area is 220 Å². The molecule has 194 valence electrons. The van der Waals surface area contributed by atoms with E-state index < -0.39 is 10.0 Å². The molecule has 0 aromatic carbocycles. The summed E-state index contributed by atoms with van der Waals surface area (Å²) in [6, 6.07) is 3.75. The Morgan fingerprint density at radius 3 is 2.59 bits per heavy atom. The molecule has 5 rings (SSSR count). The summed E-state index contributed by atoms with van der Waals surface area (Å²) in [5.41, 5.74) is 2.62. The largest absolute Gasteiger partial charge is 0.369 e. The summed E-state index contributed by atoms with van der Waals surface area (Å²) in [7, 11) is -1.41. The van der Waals surface area contributed by atoms with E-state index in [2.05, 4.69) is 48.8 Å². The van der Waals surface area contributed by atoms with Crippen molar-refractivity contribution < 1.29 is 8.42 Å². The third-order valence-electron chi connectivity index (χ3n) is 6.20. The van der Waals surface area contributed by atoms with Gasteiger partial charge in [0.05, 0.1) is 29.4 Å². The van der Waals surface area contributed by atoms with E-state index in [9.17, 15) is 8.42 Å². The normalized spacial score (nSPS) is 14.4. The first-order valence-corrected chi connectivity index (χ1v) is 14.1. The monoisotopic (exact) mass is 541 g/mol. The molecule has 0 aliphatic carbocycles. The lowest BCUT2D eigenvalue weighted by Crippen LogP contribution is -2.51. The quantitative estimate of drug-likeness (QED) is 0.345. The average molecular weight is 542 g/mol. The number of aryl methyl sites for hydroxylation is 1. The van der Waals surface area contributed by atoms with E-state index in [1.165, 1.54) is 6.26 Å². The second-order valence-electron chi connectivity index (χ2n) is 9.59. The van der Waals surface area contributed by atoms with Crippen LogP contribution in [0.4, 0.5) is 17.3 Å². The van der Waals surface area contributed by atoms with Gasteiger partial charge in [-0.3, -0.25) is 9.67 Å². The van der Waals surface area contributed by atoms with Gasteiger partial charge in [-0.15, -0.1) is 0 Å². The van der Waals surface area contributed by atoms with Crippen LogP contribution in [-0.4, -0.2) is 64.0 Å². The highest BCUT2D eigenvalue weighted by atomic mass is 35.5. The Balaban J connectivity index is 1.41. The molecule has 11 nitrogen and oxygen atoms in total. The molecule has 4 aromatic rings. The zero-order valence-electron chi connectivity index (χ0n) is 21.0. The number of anilines is 3. The number of rotatable bonds is 8. The fourth-order valence-electron chi connectivity index (χ4n) is 4.39. The molecule has 0 saturated carbocycles. The molecular formula is C24H28ClN9O2S. The van der Waals surface area contributed by atoms with Crippen molar-refractivity contribution in [3.05, 3.63) is 47.8 Å². The van der Waals surface area contributed by atoms with Crippen molar-refractivity contribution in [1.82, 2.24) is 34.4 Å². The molecule has 0 radical (unpaired) electrons. The van der Waals surface area contributed by atoms with Gasteiger partial charge in [0.2, 0.25) is 10.0 Å². The van der Waals surface area contributed by atoms with Crippen molar-refractivity contribution in [3.8, 4) is 11.4 Å². The van der Waals surface area contributed by atoms with E-state index in [0.717, 1.165) is 35.2 Å². The number of sulfonamides is 1. The zero-order chi connectivity index (χ0) is 26.3. The van der Waals surface area contributed by atoms with Crippen LogP contribution < -0.4 is 14.9 Å². The van der Waals surface area contributed by atoms with Crippen LogP contribution in [0.2, 0.25) is 5.15 Å². The summed E-state index contributed by atoms with van der Waals surface area (Å²) >= 11 is 6.22. The first kappa shape index (κ1) is 25.3. The summed E-state index contributed by atoms with van der Waals surface area (Å²) in [6.07, 6.45) is 8.35. The molecule has 1 fully saturated rings. The van der Waals surface area contributed by atoms with E-state index in [1.807, 2.05) is 18.5 Å². The molecule has 1 saturated heterocycles. The smallest absolute Gasteiger partial charge is 0.208 e. The highest BCUT2D eigenvalue weighted by Gasteiger charge is 2.29. The number of nitrogens with one attached hydrogen (secondary N) is 2. The molecule has 0 bridgehead atoms. The van der Waals surface area contributed by atoms with Crippen molar-refractivity contribution in [2.75, 3.05) is 36.1 Å². The number of hydrogen-bond acceptors (Lipinski definition) is 9. The highest BCUT2D eigenvalue weighted by Crippen LogP contribution is 2.35. The maximum atomic E-state index is 11.4. The van der Waals surface area contributed by atoms with E-state index in [-0.39, 0.29) is 11.8 Å². The van der Waals surface area contributed by atoms with Gasteiger partial charge in [0.25, 0.3) is 0 Å². The Bertz CT molecular complexity index is 1570. The topological polar surface area (TPSA) is 131 Å². The molecule has 1 aliphatic heterocycles. The van der Waals surface area contributed by atoms with Crippen LogP contribution in [-0.2, 0) is 17.1 Å². The third-order valence-corrected chi connectivity index (χ3v) is 7.17. The van der Waals surface area contributed by atoms with Gasteiger partial charge in [-0.25, -0.2) is 28.1 Å². The fourth-order valence-corrected chi connectivity index (χ4v) is 5.18. The van der Waals surface area contributed by atoms with E-state index in [4.69, 9.17) is 16.6 Å². The van der Waals surface area contributed by atoms with Crippen LogP contribution in [0.25, 0.3) is 22.2 Å². The summed E-state index contributed by atoms with van der Waals surface area (Å²) < 4.78 is 27.0. The molecule has 0 unspecified atom stereocenters. The summed E-state index contributed by atoms with van der Waals surface area (Å²) in [5, 5.41) is 9.77. The van der Waals surface area contributed by atoms with Gasteiger partial charge >= 0.3 is 0 Å². The predicted octanol–water partition coefficient (Wildman–Crippen LogP) is 3.33. The Hall–Kier alpha value is -3.35. The lowest BCUT2D eigenvalue weighted by Gasteiger charge is -2.41. The van der Waals surface area contributed by atoms with Crippen molar-refractivity contribution in [1.29, 1.82) is 0 Å². The van der Waals surface area contributed by atoms with Crippen LogP contribution >= 0.6 is 11.6 Å². The molecule has 37 heavy (non-hydrogen) atoms. The highest BCUT2D eigenvalue weighted by molar-refractivity contribution is 7.88. The number of aromatic nitrogens is 6. The van der Waals surface area contributed by atoms with Crippen molar-refractivity contribution in [2.24, 2.45) is 13.0 Å². The summed E-state index contributed by atoms with van der Waals surface area (Å²) in [5.74, 6) is 2.15.